The largest absolute Gasteiger partial charge is 0.410 e. The van der Waals surface area contributed by atoms with Crippen molar-refractivity contribution in [2.24, 2.45) is 5.16 Å². The monoisotopic (exact) mass is 204 g/mol. The van der Waals surface area contributed by atoms with Crippen LogP contribution in [0, 0.1) is 0 Å². The fraction of sp³-hybridized carbons (Fsp3) is 0.273. The molecule has 0 bridgehead atoms. The van der Waals surface area contributed by atoms with Crippen molar-refractivity contribution in [2.75, 3.05) is 0 Å². The molecule has 0 radical (unpaired) electrons. The van der Waals surface area contributed by atoms with Crippen molar-refractivity contribution in [1.82, 2.24) is 5.32 Å². The lowest BCUT2D eigenvalue weighted by molar-refractivity contribution is -0.116. The van der Waals surface area contributed by atoms with E-state index in [1.165, 1.54) is 0 Å². The van der Waals surface area contributed by atoms with E-state index in [-0.39, 0.29) is 17.7 Å². The summed E-state index contributed by atoms with van der Waals surface area (Å²) in [6.07, 6.45) is 1.29. The summed E-state index contributed by atoms with van der Waals surface area (Å²) in [5.41, 5.74) is 1.30. The van der Waals surface area contributed by atoms with E-state index in [4.69, 9.17) is 5.21 Å². The number of carbonyl (C=O) groups is 1. The van der Waals surface area contributed by atoms with Crippen LogP contribution in [0.25, 0.3) is 0 Å². The molecule has 4 heteroatoms. The van der Waals surface area contributed by atoms with Crippen LogP contribution in [0.15, 0.2) is 35.5 Å². The van der Waals surface area contributed by atoms with E-state index in [0.717, 1.165) is 12.0 Å². The van der Waals surface area contributed by atoms with Gasteiger partial charge in [0.1, 0.15) is 5.71 Å². The van der Waals surface area contributed by atoms with Gasteiger partial charge < -0.3 is 10.5 Å². The number of hydrogen-bond acceptors (Lipinski definition) is 3. The third-order valence-electron chi connectivity index (χ3n) is 2.56. The minimum Gasteiger partial charge on any atom is -0.410 e. The summed E-state index contributed by atoms with van der Waals surface area (Å²) in [5.74, 6) is -0.280. The number of rotatable bonds is 1. The second-order valence-corrected chi connectivity index (χ2v) is 3.52. The van der Waals surface area contributed by atoms with E-state index in [0.29, 0.717) is 6.42 Å². The summed E-state index contributed by atoms with van der Waals surface area (Å²) in [7, 11) is 0. The van der Waals surface area contributed by atoms with Crippen molar-refractivity contribution >= 4 is 11.6 Å². The van der Waals surface area contributed by atoms with Gasteiger partial charge in [0.2, 0.25) is 0 Å². The summed E-state index contributed by atoms with van der Waals surface area (Å²) < 4.78 is 0. The maximum atomic E-state index is 11.4. The highest BCUT2D eigenvalue weighted by Gasteiger charge is 2.25. The van der Waals surface area contributed by atoms with Crippen LogP contribution in [-0.4, -0.2) is 16.8 Å². The van der Waals surface area contributed by atoms with Crippen LogP contribution in [0.2, 0.25) is 0 Å². The second kappa shape index (κ2) is 4.13. The van der Waals surface area contributed by atoms with Crippen molar-refractivity contribution in [3.63, 3.8) is 0 Å². The smallest absolute Gasteiger partial charge is 0.269 e. The molecule has 2 rings (SSSR count). The standard InChI is InChI=1S/C11H12N2O2/c14-11-10(13-15)7-6-9(12-11)8-4-2-1-3-5-8/h1-5,9,15H,6-7H2,(H,12,14). The fourth-order valence-corrected chi connectivity index (χ4v) is 1.74. The molecule has 0 spiro atoms. The number of carbonyl (C=O) groups excluding carboxylic acids is 1. The van der Waals surface area contributed by atoms with Gasteiger partial charge in [-0.1, -0.05) is 35.5 Å². The number of piperidine rings is 1. The summed E-state index contributed by atoms with van der Waals surface area (Å²) in [5, 5.41) is 14.3. The molecule has 78 valence electrons. The summed E-state index contributed by atoms with van der Waals surface area (Å²) in [6, 6.07) is 9.81. The van der Waals surface area contributed by atoms with Gasteiger partial charge in [-0.25, -0.2) is 0 Å². The molecule has 1 fully saturated rings. The number of benzene rings is 1. The van der Waals surface area contributed by atoms with Gasteiger partial charge >= 0.3 is 0 Å². The van der Waals surface area contributed by atoms with Gasteiger partial charge in [0.05, 0.1) is 6.04 Å². The minimum atomic E-state index is -0.280. The number of nitrogens with zero attached hydrogens (tertiary/aromatic N) is 1. The van der Waals surface area contributed by atoms with Gasteiger partial charge in [-0.3, -0.25) is 4.79 Å². The molecule has 1 unspecified atom stereocenters. The number of oxime groups is 1. The lowest BCUT2D eigenvalue weighted by atomic mass is 9.96. The van der Waals surface area contributed by atoms with E-state index in [1.807, 2.05) is 30.3 Å². The Hall–Kier alpha value is -1.84. The number of nitrogens with one attached hydrogen (secondary N) is 1. The molecule has 1 saturated heterocycles. The highest BCUT2D eigenvalue weighted by atomic mass is 16.4. The molecule has 1 aliphatic rings. The number of hydrogen-bond donors (Lipinski definition) is 2. The van der Waals surface area contributed by atoms with E-state index < -0.39 is 0 Å². The van der Waals surface area contributed by atoms with Gasteiger partial charge in [-0.05, 0) is 12.0 Å². The van der Waals surface area contributed by atoms with Crippen molar-refractivity contribution in [3.8, 4) is 0 Å². The van der Waals surface area contributed by atoms with Crippen molar-refractivity contribution in [1.29, 1.82) is 0 Å². The lowest BCUT2D eigenvalue weighted by Crippen LogP contribution is -2.39. The highest BCUT2D eigenvalue weighted by molar-refractivity contribution is 6.39. The van der Waals surface area contributed by atoms with Crippen LogP contribution in [0.1, 0.15) is 24.4 Å². The first-order valence-corrected chi connectivity index (χ1v) is 4.88. The molecule has 1 amide bonds. The maximum absolute atomic E-state index is 11.4. The van der Waals surface area contributed by atoms with Crippen LogP contribution >= 0.6 is 0 Å². The molecule has 0 aliphatic carbocycles. The first kappa shape index (κ1) is 9.71. The summed E-state index contributed by atoms with van der Waals surface area (Å²) in [4.78, 5) is 11.4. The molecule has 4 nitrogen and oxygen atoms in total. The van der Waals surface area contributed by atoms with Crippen LogP contribution < -0.4 is 5.32 Å². The van der Waals surface area contributed by atoms with Crippen molar-refractivity contribution in [3.05, 3.63) is 35.9 Å². The maximum Gasteiger partial charge on any atom is 0.269 e. The lowest BCUT2D eigenvalue weighted by Gasteiger charge is -2.23. The minimum absolute atomic E-state index is 0.0317. The quantitative estimate of drug-likeness (QED) is 0.537. The predicted octanol–water partition coefficient (Wildman–Crippen LogP) is 1.47. The Balaban J connectivity index is 2.13. The molecular weight excluding hydrogens is 192 g/mol. The molecule has 1 aromatic carbocycles. The average molecular weight is 204 g/mol. The fourth-order valence-electron chi connectivity index (χ4n) is 1.74. The van der Waals surface area contributed by atoms with Crippen LogP contribution in [-0.2, 0) is 4.79 Å². The van der Waals surface area contributed by atoms with Crippen molar-refractivity contribution < 1.29 is 10.0 Å². The van der Waals surface area contributed by atoms with E-state index in [2.05, 4.69) is 10.5 Å². The number of amides is 1. The SMILES string of the molecule is O=C1NC(c2ccccc2)CCC1=NO. The first-order chi connectivity index (χ1) is 7.31. The first-order valence-electron chi connectivity index (χ1n) is 4.88. The molecule has 1 atom stereocenters. The van der Waals surface area contributed by atoms with Gasteiger partial charge in [0.15, 0.2) is 0 Å². The second-order valence-electron chi connectivity index (χ2n) is 3.52. The Morgan fingerprint density at radius 2 is 2.07 bits per heavy atom. The van der Waals surface area contributed by atoms with E-state index in [9.17, 15) is 4.79 Å². The topological polar surface area (TPSA) is 61.7 Å². The van der Waals surface area contributed by atoms with Crippen molar-refractivity contribution in [2.45, 2.75) is 18.9 Å². The Bertz CT molecular complexity index is 387. The van der Waals surface area contributed by atoms with Gasteiger partial charge in [0.25, 0.3) is 5.91 Å². The molecule has 1 aromatic rings. The molecule has 1 heterocycles. The third kappa shape index (κ3) is 1.98. The van der Waals surface area contributed by atoms with Gasteiger partial charge in [0, 0.05) is 6.42 Å². The molecule has 1 aliphatic heterocycles. The summed E-state index contributed by atoms with van der Waals surface area (Å²) >= 11 is 0. The average Bonchev–Trinajstić information content (AvgIpc) is 2.30. The zero-order chi connectivity index (χ0) is 10.7. The van der Waals surface area contributed by atoms with Crippen LogP contribution in [0.4, 0.5) is 0 Å². The van der Waals surface area contributed by atoms with E-state index in [1.54, 1.807) is 0 Å². The normalized spacial score (nSPS) is 23.9. The Morgan fingerprint density at radius 3 is 2.67 bits per heavy atom. The zero-order valence-electron chi connectivity index (χ0n) is 8.18. The molecule has 2 N–H and O–H groups in total. The molecule has 0 aromatic heterocycles. The Kier molecular flexibility index (Phi) is 2.67. The molecule has 0 saturated carbocycles. The van der Waals surface area contributed by atoms with Gasteiger partial charge in [-0.15, -0.1) is 0 Å². The van der Waals surface area contributed by atoms with E-state index >= 15 is 0 Å². The molecule has 15 heavy (non-hydrogen) atoms. The third-order valence-corrected chi connectivity index (χ3v) is 2.56. The predicted molar refractivity (Wildman–Crippen MR) is 55.8 cm³/mol. The van der Waals surface area contributed by atoms with Crippen LogP contribution in [0.5, 0.6) is 0 Å². The zero-order valence-corrected chi connectivity index (χ0v) is 8.18. The van der Waals surface area contributed by atoms with Gasteiger partial charge in [-0.2, -0.15) is 0 Å². The highest BCUT2D eigenvalue weighted by Crippen LogP contribution is 2.21. The Morgan fingerprint density at radius 1 is 1.33 bits per heavy atom. The Labute approximate surface area is 87.6 Å². The summed E-state index contributed by atoms with van der Waals surface area (Å²) in [6.45, 7) is 0. The van der Waals surface area contributed by atoms with Crippen LogP contribution in [0.3, 0.4) is 0 Å². The molecular formula is C11H12N2O2.